The maximum Gasteiger partial charge on any atom is 0.274 e. The third kappa shape index (κ3) is 2.02. The summed E-state index contributed by atoms with van der Waals surface area (Å²) in [6.07, 6.45) is 3.13. The molecule has 0 radical (unpaired) electrons. The second kappa shape index (κ2) is 4.70. The highest BCUT2D eigenvalue weighted by Gasteiger charge is 2.26. The van der Waals surface area contributed by atoms with Gasteiger partial charge in [-0.05, 0) is 52.9 Å². The van der Waals surface area contributed by atoms with Gasteiger partial charge in [0.2, 0.25) is 0 Å². The number of nitrogens with zero attached hydrogens (tertiary/aromatic N) is 3. The summed E-state index contributed by atoms with van der Waals surface area (Å²) >= 11 is 5.25. The largest absolute Gasteiger partial charge is 0.332 e. The van der Waals surface area contributed by atoms with Gasteiger partial charge < -0.3 is 4.90 Å². The molecule has 4 nitrogen and oxygen atoms in total. The van der Waals surface area contributed by atoms with Gasteiger partial charge in [0.25, 0.3) is 5.91 Å². The van der Waals surface area contributed by atoms with Gasteiger partial charge in [-0.3, -0.25) is 9.48 Å². The van der Waals surface area contributed by atoms with Crippen molar-refractivity contribution < 1.29 is 4.79 Å². The third-order valence-electron chi connectivity index (χ3n) is 4.02. The summed E-state index contributed by atoms with van der Waals surface area (Å²) in [4.78, 5) is 15.8. The fourth-order valence-corrected chi connectivity index (χ4v) is 4.80. The lowest BCUT2D eigenvalue weighted by Gasteiger charge is -2.26. The number of hydrogen-bond donors (Lipinski definition) is 0. The average Bonchev–Trinajstić information content (AvgIpc) is 3.08. The molecule has 0 saturated heterocycles. The number of aryl methyl sites for hydroxylation is 2. The van der Waals surface area contributed by atoms with E-state index in [1.807, 2.05) is 15.6 Å². The number of rotatable bonds is 1. The Bertz CT molecular complexity index is 669. The van der Waals surface area contributed by atoms with E-state index < -0.39 is 0 Å². The molecule has 2 aliphatic rings. The van der Waals surface area contributed by atoms with E-state index >= 15 is 0 Å². The van der Waals surface area contributed by atoms with E-state index in [2.05, 4.69) is 27.1 Å². The van der Waals surface area contributed by atoms with Crippen molar-refractivity contribution in [1.29, 1.82) is 0 Å². The standard InChI is InChI=1S/C14H14BrN3OS/c15-13-6-9-3-5-17(8-12(9)20-13)14(19)11-7-10-2-1-4-18(10)16-11/h6-7H,1-5,8H2. The van der Waals surface area contributed by atoms with E-state index in [4.69, 9.17) is 0 Å². The topological polar surface area (TPSA) is 38.1 Å². The molecule has 0 atom stereocenters. The number of aromatic nitrogens is 2. The van der Waals surface area contributed by atoms with E-state index in [-0.39, 0.29) is 5.91 Å². The van der Waals surface area contributed by atoms with Crippen LogP contribution in [0.4, 0.5) is 0 Å². The van der Waals surface area contributed by atoms with Gasteiger partial charge in [-0.25, -0.2) is 0 Å². The zero-order valence-corrected chi connectivity index (χ0v) is 13.3. The second-order valence-electron chi connectivity index (χ2n) is 5.32. The summed E-state index contributed by atoms with van der Waals surface area (Å²) in [6, 6.07) is 4.14. The number of fused-ring (bicyclic) bond motifs is 2. The first-order chi connectivity index (χ1) is 9.70. The van der Waals surface area contributed by atoms with Crippen LogP contribution in [0.1, 0.15) is 33.0 Å². The molecule has 0 fully saturated rings. The van der Waals surface area contributed by atoms with Gasteiger partial charge in [-0.1, -0.05) is 0 Å². The van der Waals surface area contributed by atoms with Crippen LogP contribution >= 0.6 is 27.3 Å². The molecule has 2 aliphatic heterocycles. The lowest BCUT2D eigenvalue weighted by Crippen LogP contribution is -2.35. The molecule has 2 aromatic heterocycles. The van der Waals surface area contributed by atoms with Crippen molar-refractivity contribution in [2.75, 3.05) is 6.54 Å². The molecule has 0 unspecified atom stereocenters. The van der Waals surface area contributed by atoms with Crippen molar-refractivity contribution in [2.24, 2.45) is 0 Å². The van der Waals surface area contributed by atoms with Gasteiger partial charge in [0, 0.05) is 23.7 Å². The van der Waals surface area contributed by atoms with Crippen molar-refractivity contribution in [1.82, 2.24) is 14.7 Å². The van der Waals surface area contributed by atoms with Crippen LogP contribution in [0.5, 0.6) is 0 Å². The molecule has 0 aromatic carbocycles. The number of halogens is 1. The van der Waals surface area contributed by atoms with Crippen LogP contribution in [0.25, 0.3) is 0 Å². The molecule has 4 heterocycles. The van der Waals surface area contributed by atoms with Gasteiger partial charge in [-0.15, -0.1) is 11.3 Å². The number of amides is 1. The summed E-state index contributed by atoms with van der Waals surface area (Å²) in [6.45, 7) is 2.45. The Kier molecular flexibility index (Phi) is 2.96. The summed E-state index contributed by atoms with van der Waals surface area (Å²) in [5.74, 6) is 0.0714. The fourth-order valence-electron chi connectivity index (χ4n) is 2.98. The van der Waals surface area contributed by atoms with E-state index in [1.165, 1.54) is 16.1 Å². The average molecular weight is 352 g/mol. The molecule has 0 spiro atoms. The van der Waals surface area contributed by atoms with E-state index in [9.17, 15) is 4.79 Å². The Morgan fingerprint density at radius 3 is 3.05 bits per heavy atom. The maximum absolute atomic E-state index is 12.6. The maximum atomic E-state index is 12.6. The Hall–Kier alpha value is -1.14. The summed E-state index contributed by atoms with van der Waals surface area (Å²) in [5, 5.41) is 4.45. The van der Waals surface area contributed by atoms with Crippen LogP contribution in [-0.4, -0.2) is 27.1 Å². The number of carbonyl (C=O) groups excluding carboxylic acids is 1. The quantitative estimate of drug-likeness (QED) is 0.792. The first kappa shape index (κ1) is 12.6. The zero-order valence-electron chi connectivity index (χ0n) is 10.9. The highest BCUT2D eigenvalue weighted by Crippen LogP contribution is 2.32. The fraction of sp³-hybridized carbons (Fsp3) is 0.429. The molecular formula is C14H14BrN3OS. The van der Waals surface area contributed by atoms with Gasteiger partial charge >= 0.3 is 0 Å². The van der Waals surface area contributed by atoms with Crippen LogP contribution in [0.3, 0.4) is 0 Å². The molecule has 0 bridgehead atoms. The Morgan fingerprint density at radius 1 is 1.30 bits per heavy atom. The summed E-state index contributed by atoms with van der Waals surface area (Å²) in [5.41, 5.74) is 3.18. The summed E-state index contributed by atoms with van der Waals surface area (Å²) < 4.78 is 3.13. The Labute approximate surface area is 129 Å². The first-order valence-corrected chi connectivity index (χ1v) is 8.45. The lowest BCUT2D eigenvalue weighted by molar-refractivity contribution is 0.0730. The van der Waals surface area contributed by atoms with Crippen molar-refractivity contribution >= 4 is 33.2 Å². The Morgan fingerprint density at radius 2 is 2.20 bits per heavy atom. The van der Waals surface area contributed by atoms with Gasteiger partial charge in [0.1, 0.15) is 0 Å². The van der Waals surface area contributed by atoms with E-state index in [1.54, 1.807) is 11.3 Å². The van der Waals surface area contributed by atoms with Crippen molar-refractivity contribution in [3.05, 3.63) is 37.7 Å². The van der Waals surface area contributed by atoms with E-state index in [0.29, 0.717) is 12.2 Å². The highest BCUT2D eigenvalue weighted by atomic mass is 79.9. The minimum Gasteiger partial charge on any atom is -0.332 e. The first-order valence-electron chi connectivity index (χ1n) is 6.84. The molecule has 1 amide bonds. The van der Waals surface area contributed by atoms with Crippen LogP contribution in [0.15, 0.2) is 15.9 Å². The SMILES string of the molecule is O=C(c1cc2n(n1)CCC2)N1CCc2cc(Br)sc2C1. The summed E-state index contributed by atoms with van der Waals surface area (Å²) in [7, 11) is 0. The molecule has 6 heteroatoms. The van der Waals surface area contributed by atoms with Crippen LogP contribution in [0.2, 0.25) is 0 Å². The molecule has 4 rings (SSSR count). The monoisotopic (exact) mass is 351 g/mol. The smallest absolute Gasteiger partial charge is 0.274 e. The van der Waals surface area contributed by atoms with Crippen LogP contribution in [-0.2, 0) is 25.9 Å². The molecule has 104 valence electrons. The minimum absolute atomic E-state index is 0.0714. The predicted octanol–water partition coefficient (Wildman–Crippen LogP) is 2.85. The molecular weight excluding hydrogens is 338 g/mol. The van der Waals surface area contributed by atoms with Crippen molar-refractivity contribution in [3.63, 3.8) is 0 Å². The van der Waals surface area contributed by atoms with Crippen LogP contribution < -0.4 is 0 Å². The van der Waals surface area contributed by atoms with Crippen LogP contribution in [0, 0.1) is 0 Å². The Balaban J connectivity index is 1.57. The van der Waals surface area contributed by atoms with E-state index in [0.717, 1.165) is 36.1 Å². The molecule has 20 heavy (non-hydrogen) atoms. The van der Waals surface area contributed by atoms with Gasteiger partial charge in [0.15, 0.2) is 5.69 Å². The highest BCUT2D eigenvalue weighted by molar-refractivity contribution is 9.11. The number of hydrogen-bond acceptors (Lipinski definition) is 3. The normalized spacial score (nSPS) is 17.1. The molecule has 2 aromatic rings. The third-order valence-corrected chi connectivity index (χ3v) is 5.69. The number of thiophene rings is 1. The van der Waals surface area contributed by atoms with Crippen molar-refractivity contribution in [2.45, 2.75) is 32.4 Å². The van der Waals surface area contributed by atoms with Crippen molar-refractivity contribution in [3.8, 4) is 0 Å². The minimum atomic E-state index is 0.0714. The lowest BCUT2D eigenvalue weighted by atomic mass is 10.1. The molecule has 0 saturated carbocycles. The number of carbonyl (C=O) groups is 1. The van der Waals surface area contributed by atoms with Gasteiger partial charge in [-0.2, -0.15) is 5.10 Å². The molecule has 0 N–H and O–H groups in total. The predicted molar refractivity (Wildman–Crippen MR) is 81.0 cm³/mol. The zero-order chi connectivity index (χ0) is 13.7. The second-order valence-corrected chi connectivity index (χ2v) is 7.84. The molecule has 0 aliphatic carbocycles. The van der Waals surface area contributed by atoms with Gasteiger partial charge in [0.05, 0.1) is 10.3 Å².